The lowest BCUT2D eigenvalue weighted by atomic mass is 10.3. The van der Waals surface area contributed by atoms with Gasteiger partial charge in [0.1, 0.15) is 0 Å². The quantitative estimate of drug-likeness (QED) is 0.514. The standard InChI is InChI=1S/C7H14F3N3/c1-13(4-2-6(11)12)5-3-7(8,9)10/h2-5H2,1H3,(H3,11,12). The number of nitrogens with two attached hydrogens (primary N) is 1. The predicted molar refractivity (Wildman–Crippen MR) is 44.7 cm³/mol. The van der Waals surface area contributed by atoms with E-state index in [2.05, 4.69) is 0 Å². The number of halogens is 3. The Morgan fingerprint density at radius 2 is 1.92 bits per heavy atom. The number of hydrogen-bond donors (Lipinski definition) is 2. The number of hydrogen-bond acceptors (Lipinski definition) is 2. The Hall–Kier alpha value is -0.780. The van der Waals surface area contributed by atoms with Crippen LogP contribution in [-0.2, 0) is 0 Å². The van der Waals surface area contributed by atoms with Gasteiger partial charge < -0.3 is 10.6 Å². The van der Waals surface area contributed by atoms with Crippen LogP contribution in [0.15, 0.2) is 0 Å². The topological polar surface area (TPSA) is 53.1 Å². The average molecular weight is 197 g/mol. The van der Waals surface area contributed by atoms with Crippen LogP contribution in [-0.4, -0.2) is 37.0 Å². The smallest absolute Gasteiger partial charge is 0.388 e. The van der Waals surface area contributed by atoms with Gasteiger partial charge in [-0.2, -0.15) is 13.2 Å². The van der Waals surface area contributed by atoms with Gasteiger partial charge in [0, 0.05) is 19.5 Å². The van der Waals surface area contributed by atoms with Gasteiger partial charge in [-0.1, -0.05) is 0 Å². The van der Waals surface area contributed by atoms with Crippen molar-refractivity contribution >= 4 is 5.84 Å². The third-order valence-corrected chi connectivity index (χ3v) is 1.54. The monoisotopic (exact) mass is 197 g/mol. The Bertz CT molecular complexity index is 167. The minimum atomic E-state index is -4.11. The summed E-state index contributed by atoms with van der Waals surface area (Å²) in [5, 5.41) is 6.87. The molecular weight excluding hydrogens is 183 g/mol. The van der Waals surface area contributed by atoms with Gasteiger partial charge in [0.25, 0.3) is 0 Å². The summed E-state index contributed by atoms with van der Waals surface area (Å²) in [5.41, 5.74) is 5.06. The molecule has 0 radical (unpaired) electrons. The van der Waals surface area contributed by atoms with Crippen molar-refractivity contribution in [3.63, 3.8) is 0 Å². The summed E-state index contributed by atoms with van der Waals surface area (Å²) >= 11 is 0. The van der Waals surface area contributed by atoms with Crippen molar-refractivity contribution in [2.45, 2.75) is 19.0 Å². The largest absolute Gasteiger partial charge is 0.390 e. The summed E-state index contributed by atoms with van der Waals surface area (Å²) < 4.78 is 35.2. The summed E-state index contributed by atoms with van der Waals surface area (Å²) in [6.45, 7) is 0.349. The van der Waals surface area contributed by atoms with Crippen molar-refractivity contribution in [3.05, 3.63) is 0 Å². The number of rotatable bonds is 5. The molecule has 0 aromatic carbocycles. The second kappa shape index (κ2) is 5.06. The Morgan fingerprint density at radius 1 is 1.38 bits per heavy atom. The lowest BCUT2D eigenvalue weighted by Gasteiger charge is -2.16. The van der Waals surface area contributed by atoms with Crippen molar-refractivity contribution in [2.24, 2.45) is 5.73 Å². The SMILES string of the molecule is CN(CCC(=N)N)CCC(F)(F)F. The second-order valence-corrected chi connectivity index (χ2v) is 2.94. The van der Waals surface area contributed by atoms with Crippen molar-refractivity contribution in [1.29, 1.82) is 5.41 Å². The van der Waals surface area contributed by atoms with E-state index in [-0.39, 0.29) is 12.4 Å². The number of amidine groups is 1. The summed E-state index contributed by atoms with van der Waals surface area (Å²) in [4.78, 5) is 1.51. The highest BCUT2D eigenvalue weighted by Gasteiger charge is 2.26. The molecule has 3 N–H and O–H groups in total. The molecule has 0 fully saturated rings. The highest BCUT2D eigenvalue weighted by Crippen LogP contribution is 2.19. The van der Waals surface area contributed by atoms with E-state index in [1.807, 2.05) is 0 Å². The molecule has 0 spiro atoms. The van der Waals surface area contributed by atoms with E-state index in [0.717, 1.165) is 0 Å². The first-order chi connectivity index (χ1) is 5.81. The molecule has 0 heterocycles. The number of alkyl halides is 3. The lowest BCUT2D eigenvalue weighted by molar-refractivity contribution is -0.137. The van der Waals surface area contributed by atoms with Crippen LogP contribution in [0.1, 0.15) is 12.8 Å². The third-order valence-electron chi connectivity index (χ3n) is 1.54. The molecule has 3 nitrogen and oxygen atoms in total. The average Bonchev–Trinajstić information content (AvgIpc) is 1.95. The van der Waals surface area contributed by atoms with Gasteiger partial charge in [0.2, 0.25) is 0 Å². The molecule has 0 bridgehead atoms. The first kappa shape index (κ1) is 12.2. The van der Waals surface area contributed by atoms with Gasteiger partial charge in [0.15, 0.2) is 0 Å². The zero-order valence-electron chi connectivity index (χ0n) is 7.49. The maximum Gasteiger partial charge on any atom is 0.390 e. The predicted octanol–water partition coefficient (Wildman–Crippen LogP) is 1.20. The lowest BCUT2D eigenvalue weighted by Crippen LogP contribution is -2.28. The molecule has 78 valence electrons. The minimum absolute atomic E-state index is 0.00106. The van der Waals surface area contributed by atoms with E-state index in [1.54, 1.807) is 7.05 Å². The van der Waals surface area contributed by atoms with Crippen molar-refractivity contribution in [2.75, 3.05) is 20.1 Å². The molecule has 0 saturated heterocycles. The van der Waals surface area contributed by atoms with E-state index in [9.17, 15) is 13.2 Å². The van der Waals surface area contributed by atoms with Gasteiger partial charge in [-0.25, -0.2) is 0 Å². The molecule has 6 heteroatoms. The molecule has 0 aliphatic heterocycles. The maximum absolute atomic E-state index is 11.7. The van der Waals surface area contributed by atoms with Gasteiger partial charge in [0.05, 0.1) is 12.3 Å². The Labute approximate surface area is 75.2 Å². The molecular formula is C7H14F3N3. The van der Waals surface area contributed by atoms with Gasteiger partial charge in [-0.15, -0.1) is 0 Å². The maximum atomic E-state index is 11.7. The van der Waals surface area contributed by atoms with Gasteiger partial charge >= 0.3 is 6.18 Å². The molecule has 0 unspecified atom stereocenters. The van der Waals surface area contributed by atoms with Crippen molar-refractivity contribution in [3.8, 4) is 0 Å². The van der Waals surface area contributed by atoms with E-state index in [1.165, 1.54) is 4.90 Å². The van der Waals surface area contributed by atoms with Crippen LogP contribution >= 0.6 is 0 Å². The molecule has 0 aliphatic rings. The fourth-order valence-electron chi connectivity index (χ4n) is 0.741. The van der Waals surface area contributed by atoms with E-state index >= 15 is 0 Å². The van der Waals surface area contributed by atoms with Crippen LogP contribution in [0.25, 0.3) is 0 Å². The molecule has 0 aromatic heterocycles. The molecule has 0 aliphatic carbocycles. The highest BCUT2D eigenvalue weighted by atomic mass is 19.4. The first-order valence-electron chi connectivity index (χ1n) is 3.89. The van der Waals surface area contributed by atoms with Crippen LogP contribution in [0.4, 0.5) is 13.2 Å². The Kier molecular flexibility index (Phi) is 4.76. The number of nitrogens with one attached hydrogen (secondary N) is 1. The van der Waals surface area contributed by atoms with Crippen LogP contribution in [0.2, 0.25) is 0 Å². The van der Waals surface area contributed by atoms with E-state index < -0.39 is 12.6 Å². The van der Waals surface area contributed by atoms with E-state index in [0.29, 0.717) is 13.0 Å². The normalized spacial score (nSPS) is 12.1. The molecule has 13 heavy (non-hydrogen) atoms. The van der Waals surface area contributed by atoms with Crippen LogP contribution in [0, 0.1) is 5.41 Å². The van der Waals surface area contributed by atoms with Crippen molar-refractivity contribution < 1.29 is 13.2 Å². The molecule has 0 saturated carbocycles. The van der Waals surface area contributed by atoms with Crippen LogP contribution < -0.4 is 5.73 Å². The van der Waals surface area contributed by atoms with Gasteiger partial charge in [-0.3, -0.25) is 5.41 Å². The fraction of sp³-hybridized carbons (Fsp3) is 0.857. The van der Waals surface area contributed by atoms with Gasteiger partial charge in [-0.05, 0) is 7.05 Å². The minimum Gasteiger partial charge on any atom is -0.388 e. The third kappa shape index (κ3) is 9.13. The first-order valence-corrected chi connectivity index (χ1v) is 3.89. The molecule has 0 rings (SSSR count). The molecule has 0 atom stereocenters. The van der Waals surface area contributed by atoms with Crippen LogP contribution in [0.3, 0.4) is 0 Å². The summed E-state index contributed by atoms with van der Waals surface area (Å²) in [6.07, 6.45) is -4.61. The summed E-state index contributed by atoms with van der Waals surface area (Å²) in [5.74, 6) is -0.00106. The highest BCUT2D eigenvalue weighted by molar-refractivity contribution is 5.76. The van der Waals surface area contributed by atoms with Crippen LogP contribution in [0.5, 0.6) is 0 Å². The second-order valence-electron chi connectivity index (χ2n) is 2.94. The Balaban J connectivity index is 3.52. The summed E-state index contributed by atoms with van der Waals surface area (Å²) in [6, 6.07) is 0. The summed E-state index contributed by atoms with van der Waals surface area (Å²) in [7, 11) is 1.58. The molecule has 0 aromatic rings. The Morgan fingerprint density at radius 3 is 2.31 bits per heavy atom. The van der Waals surface area contributed by atoms with Crippen molar-refractivity contribution in [1.82, 2.24) is 4.90 Å². The zero-order valence-corrected chi connectivity index (χ0v) is 7.49. The van der Waals surface area contributed by atoms with E-state index in [4.69, 9.17) is 11.1 Å². The molecule has 0 amide bonds. The fourth-order valence-corrected chi connectivity index (χ4v) is 0.741. The zero-order chi connectivity index (χ0) is 10.5. The number of nitrogens with zero attached hydrogens (tertiary/aromatic N) is 1.